The molecule has 2 N–H and O–H groups in total. The standard InChI is InChI=1S/C11H15BO4/c1-4-9-6-10(16-7-15-3)5-8(2)11(9)12(13)14/h4-6,13-14H,1,7H2,2-3H3. The van der Waals surface area contributed by atoms with E-state index in [0.717, 1.165) is 5.56 Å². The van der Waals surface area contributed by atoms with Gasteiger partial charge in [-0.2, -0.15) is 0 Å². The van der Waals surface area contributed by atoms with Crippen LogP contribution in [0, 0.1) is 6.92 Å². The highest BCUT2D eigenvalue weighted by Gasteiger charge is 2.18. The molecule has 1 aromatic carbocycles. The molecule has 0 aliphatic heterocycles. The van der Waals surface area contributed by atoms with Crippen LogP contribution in [0.3, 0.4) is 0 Å². The van der Waals surface area contributed by atoms with Gasteiger partial charge in [0.25, 0.3) is 0 Å². The zero-order valence-corrected chi connectivity index (χ0v) is 9.43. The summed E-state index contributed by atoms with van der Waals surface area (Å²) in [4.78, 5) is 0. The van der Waals surface area contributed by atoms with Crippen molar-refractivity contribution < 1.29 is 19.5 Å². The van der Waals surface area contributed by atoms with Gasteiger partial charge in [0.05, 0.1) is 0 Å². The molecule has 0 heterocycles. The van der Waals surface area contributed by atoms with Crippen LogP contribution < -0.4 is 10.2 Å². The minimum Gasteiger partial charge on any atom is -0.468 e. The zero-order valence-electron chi connectivity index (χ0n) is 9.43. The van der Waals surface area contributed by atoms with Gasteiger partial charge in [0.1, 0.15) is 5.75 Å². The molecule has 0 aliphatic carbocycles. The third-order valence-electron chi connectivity index (χ3n) is 2.21. The fourth-order valence-electron chi connectivity index (χ4n) is 1.52. The number of aryl methyl sites for hydroxylation is 1. The van der Waals surface area contributed by atoms with Gasteiger partial charge in [-0.1, -0.05) is 12.7 Å². The smallest absolute Gasteiger partial charge is 0.468 e. The largest absolute Gasteiger partial charge is 0.489 e. The van der Waals surface area contributed by atoms with Crippen LogP contribution in [-0.2, 0) is 4.74 Å². The van der Waals surface area contributed by atoms with Crippen LogP contribution in [0.1, 0.15) is 11.1 Å². The highest BCUT2D eigenvalue weighted by Crippen LogP contribution is 2.16. The van der Waals surface area contributed by atoms with Gasteiger partial charge in [-0.3, -0.25) is 0 Å². The number of methoxy groups -OCH3 is 1. The Bertz CT molecular complexity index is 376. The number of rotatable bonds is 5. The maximum Gasteiger partial charge on any atom is 0.489 e. The quantitative estimate of drug-likeness (QED) is 0.555. The van der Waals surface area contributed by atoms with E-state index in [9.17, 15) is 10.0 Å². The van der Waals surface area contributed by atoms with Gasteiger partial charge in [-0.15, -0.1) is 0 Å². The van der Waals surface area contributed by atoms with E-state index in [2.05, 4.69) is 6.58 Å². The summed E-state index contributed by atoms with van der Waals surface area (Å²) in [6.45, 7) is 5.56. The highest BCUT2D eigenvalue weighted by atomic mass is 16.7. The number of hydrogen-bond donors (Lipinski definition) is 2. The van der Waals surface area contributed by atoms with Crippen molar-refractivity contribution in [2.75, 3.05) is 13.9 Å². The molecule has 1 aromatic rings. The normalized spacial score (nSPS) is 10.0. The van der Waals surface area contributed by atoms with Crippen LogP contribution in [0.4, 0.5) is 0 Å². The summed E-state index contributed by atoms with van der Waals surface area (Å²) >= 11 is 0. The van der Waals surface area contributed by atoms with Gasteiger partial charge in [0.15, 0.2) is 6.79 Å². The maximum absolute atomic E-state index is 9.23. The van der Waals surface area contributed by atoms with Gasteiger partial charge in [0.2, 0.25) is 0 Å². The third-order valence-corrected chi connectivity index (χ3v) is 2.21. The van der Waals surface area contributed by atoms with Crippen LogP contribution in [0.15, 0.2) is 18.7 Å². The van der Waals surface area contributed by atoms with Gasteiger partial charge < -0.3 is 19.5 Å². The molecule has 0 saturated carbocycles. The Kier molecular flexibility index (Phi) is 4.55. The van der Waals surface area contributed by atoms with Crippen LogP contribution in [-0.4, -0.2) is 31.1 Å². The Morgan fingerprint density at radius 3 is 2.62 bits per heavy atom. The number of hydrogen-bond acceptors (Lipinski definition) is 4. The average molecular weight is 222 g/mol. The lowest BCUT2D eigenvalue weighted by Gasteiger charge is -2.12. The first-order valence-corrected chi connectivity index (χ1v) is 4.85. The Balaban J connectivity index is 3.10. The first kappa shape index (κ1) is 12.8. The molecular formula is C11H15BO4. The summed E-state index contributed by atoms with van der Waals surface area (Å²) in [6.07, 6.45) is 1.56. The maximum atomic E-state index is 9.23. The van der Waals surface area contributed by atoms with Crippen molar-refractivity contribution >= 4 is 18.7 Å². The van der Waals surface area contributed by atoms with Gasteiger partial charge in [0, 0.05) is 7.11 Å². The monoisotopic (exact) mass is 222 g/mol. The van der Waals surface area contributed by atoms with Crippen molar-refractivity contribution in [1.82, 2.24) is 0 Å². The molecule has 16 heavy (non-hydrogen) atoms. The minimum absolute atomic E-state index is 0.150. The van der Waals surface area contributed by atoms with E-state index in [-0.39, 0.29) is 6.79 Å². The molecular weight excluding hydrogens is 207 g/mol. The van der Waals surface area contributed by atoms with E-state index in [0.29, 0.717) is 16.8 Å². The summed E-state index contributed by atoms with van der Waals surface area (Å²) < 4.78 is 10.1. The molecule has 0 saturated heterocycles. The second kappa shape index (κ2) is 5.70. The van der Waals surface area contributed by atoms with E-state index in [4.69, 9.17) is 9.47 Å². The van der Waals surface area contributed by atoms with Gasteiger partial charge in [-0.25, -0.2) is 0 Å². The van der Waals surface area contributed by atoms with Crippen molar-refractivity contribution in [3.63, 3.8) is 0 Å². The molecule has 0 aliphatic rings. The molecule has 0 radical (unpaired) electrons. The second-order valence-corrected chi connectivity index (χ2v) is 3.37. The molecule has 86 valence electrons. The fourth-order valence-corrected chi connectivity index (χ4v) is 1.52. The van der Waals surface area contributed by atoms with Crippen LogP contribution in [0.25, 0.3) is 6.08 Å². The summed E-state index contributed by atoms with van der Waals surface area (Å²) in [5, 5.41) is 18.5. The lowest BCUT2D eigenvalue weighted by molar-refractivity contribution is 0.0511. The van der Waals surface area contributed by atoms with E-state index >= 15 is 0 Å². The predicted octanol–water partition coefficient (Wildman–Crippen LogP) is 0.301. The van der Waals surface area contributed by atoms with E-state index in [1.54, 1.807) is 25.1 Å². The van der Waals surface area contributed by atoms with Crippen molar-refractivity contribution in [3.05, 3.63) is 29.8 Å². The molecule has 5 heteroatoms. The molecule has 0 unspecified atom stereocenters. The summed E-state index contributed by atoms with van der Waals surface area (Å²) in [5.74, 6) is 0.610. The second-order valence-electron chi connectivity index (χ2n) is 3.37. The number of benzene rings is 1. The molecule has 0 spiro atoms. The predicted molar refractivity (Wildman–Crippen MR) is 63.6 cm³/mol. The minimum atomic E-state index is -1.51. The Morgan fingerprint density at radius 1 is 1.44 bits per heavy atom. The van der Waals surface area contributed by atoms with E-state index < -0.39 is 7.12 Å². The summed E-state index contributed by atoms with van der Waals surface area (Å²) in [6, 6.07) is 3.41. The first-order valence-electron chi connectivity index (χ1n) is 4.85. The lowest BCUT2D eigenvalue weighted by atomic mass is 9.74. The first-order chi connectivity index (χ1) is 7.60. The Morgan fingerprint density at radius 2 is 2.12 bits per heavy atom. The van der Waals surface area contributed by atoms with Crippen molar-refractivity contribution in [2.24, 2.45) is 0 Å². The molecule has 0 aromatic heterocycles. The van der Waals surface area contributed by atoms with Gasteiger partial charge in [-0.05, 0) is 35.6 Å². The molecule has 1 rings (SSSR count). The van der Waals surface area contributed by atoms with Crippen molar-refractivity contribution in [1.29, 1.82) is 0 Å². The summed E-state index contributed by atoms with van der Waals surface area (Å²) in [5.41, 5.74) is 1.82. The number of ether oxygens (including phenoxy) is 2. The molecule has 0 fully saturated rings. The van der Waals surface area contributed by atoms with Crippen molar-refractivity contribution in [3.8, 4) is 5.75 Å². The van der Waals surface area contributed by atoms with E-state index in [1.807, 2.05) is 0 Å². The topological polar surface area (TPSA) is 58.9 Å². The van der Waals surface area contributed by atoms with Crippen LogP contribution in [0.2, 0.25) is 0 Å². The molecule has 0 atom stereocenters. The molecule has 0 bridgehead atoms. The fraction of sp³-hybridized carbons (Fsp3) is 0.273. The summed E-state index contributed by atoms with van der Waals surface area (Å²) in [7, 11) is 0.0251. The van der Waals surface area contributed by atoms with Crippen molar-refractivity contribution in [2.45, 2.75) is 6.92 Å². The van der Waals surface area contributed by atoms with Crippen LogP contribution >= 0.6 is 0 Å². The average Bonchev–Trinajstić information content (AvgIpc) is 2.24. The van der Waals surface area contributed by atoms with Crippen LogP contribution in [0.5, 0.6) is 5.75 Å². The zero-order chi connectivity index (χ0) is 12.1. The van der Waals surface area contributed by atoms with Gasteiger partial charge >= 0.3 is 7.12 Å². The molecule has 0 amide bonds. The SMILES string of the molecule is C=Cc1cc(OCOC)cc(C)c1B(O)O. The lowest BCUT2D eigenvalue weighted by Crippen LogP contribution is -2.34. The Labute approximate surface area is 95.3 Å². The third kappa shape index (κ3) is 2.85. The Hall–Kier alpha value is -1.30. The van der Waals surface area contributed by atoms with E-state index in [1.165, 1.54) is 7.11 Å². The highest BCUT2D eigenvalue weighted by molar-refractivity contribution is 6.60. The molecule has 4 nitrogen and oxygen atoms in total.